The summed E-state index contributed by atoms with van der Waals surface area (Å²) in [5.74, 6) is -4.56. The van der Waals surface area contributed by atoms with Crippen LogP contribution >= 0.6 is 0 Å². The summed E-state index contributed by atoms with van der Waals surface area (Å²) < 4.78 is 31.1. The average molecular weight is 1060 g/mol. The predicted octanol–water partition coefficient (Wildman–Crippen LogP) is -1.03. The minimum Gasteiger partial charge on any atom is -0.507 e. The number of ether oxygens (including phenoxy) is 4. The fraction of sp³-hybridized carbons (Fsp3) is 0.389. The molecule has 2 aromatic heterocycles. The van der Waals surface area contributed by atoms with Crippen molar-refractivity contribution in [1.29, 1.82) is 0 Å². The highest BCUT2D eigenvalue weighted by atomic mass is 16.8. The maximum Gasteiger partial charge on any atom is 0.354 e. The van der Waals surface area contributed by atoms with Crippen molar-refractivity contribution in [3.63, 3.8) is 0 Å². The van der Waals surface area contributed by atoms with Gasteiger partial charge in [-0.3, -0.25) is 10.1 Å². The van der Waals surface area contributed by atoms with Crippen LogP contribution in [0.2, 0.25) is 0 Å². The van der Waals surface area contributed by atoms with E-state index in [1.807, 2.05) is 12.0 Å². The molecule has 400 valence electrons. The van der Waals surface area contributed by atoms with Gasteiger partial charge >= 0.3 is 11.9 Å². The highest BCUT2D eigenvalue weighted by Gasteiger charge is 2.76. The molecule has 0 amide bonds. The highest BCUT2D eigenvalue weighted by Crippen LogP contribution is 2.57. The minimum absolute atomic E-state index is 0.0511. The quantitative estimate of drug-likeness (QED) is 0.0373. The number of esters is 1. The molecule has 13 unspecified atom stereocenters. The van der Waals surface area contributed by atoms with Crippen LogP contribution < -0.4 is 20.8 Å². The van der Waals surface area contributed by atoms with Crippen molar-refractivity contribution in [2.75, 3.05) is 6.61 Å². The number of benzene rings is 2. The molecule has 13 rings (SSSR count). The number of aromatic hydroxyl groups is 3. The van der Waals surface area contributed by atoms with Gasteiger partial charge in [0.1, 0.15) is 52.1 Å². The van der Waals surface area contributed by atoms with E-state index in [0.717, 1.165) is 24.1 Å². The van der Waals surface area contributed by atoms with Crippen LogP contribution in [-0.4, -0.2) is 156 Å². The summed E-state index contributed by atoms with van der Waals surface area (Å²) in [6, 6.07) is 6.34. The van der Waals surface area contributed by atoms with Crippen molar-refractivity contribution in [3.8, 4) is 58.0 Å². The van der Waals surface area contributed by atoms with Crippen LogP contribution in [0.15, 0.2) is 93.0 Å². The number of phenolic OH excluding ortho intramolecular Hbond substituents is 3. The summed E-state index contributed by atoms with van der Waals surface area (Å²) >= 11 is 0. The summed E-state index contributed by atoms with van der Waals surface area (Å²) in [6.07, 6.45) is -3.86. The highest BCUT2D eigenvalue weighted by molar-refractivity contribution is 5.90. The molecule has 13 atom stereocenters. The van der Waals surface area contributed by atoms with E-state index in [4.69, 9.17) is 23.4 Å². The maximum atomic E-state index is 15.3. The Bertz CT molecular complexity index is 3560. The number of aromatic nitrogens is 1. The lowest BCUT2D eigenvalue weighted by Gasteiger charge is -2.57. The lowest BCUT2D eigenvalue weighted by Crippen LogP contribution is -2.80. The van der Waals surface area contributed by atoms with E-state index in [-0.39, 0.29) is 70.0 Å². The van der Waals surface area contributed by atoms with Crippen molar-refractivity contribution < 1.29 is 94.2 Å². The Morgan fingerprint density at radius 1 is 0.948 bits per heavy atom. The number of carbonyl (C=O) groups excluding carboxylic acids is 1. The first-order valence-electron chi connectivity index (χ1n) is 24.5. The van der Waals surface area contributed by atoms with E-state index in [1.165, 1.54) is 18.2 Å². The van der Waals surface area contributed by atoms with E-state index in [2.05, 4.69) is 45.5 Å². The van der Waals surface area contributed by atoms with Crippen LogP contribution in [0.3, 0.4) is 0 Å². The minimum atomic E-state index is -3.90. The summed E-state index contributed by atoms with van der Waals surface area (Å²) in [5.41, 5.74) is -9.25. The Labute approximate surface area is 434 Å². The number of aromatic amines is 1. The molecule has 77 heavy (non-hydrogen) atoms. The third-order valence-electron chi connectivity index (χ3n) is 16.1. The first-order chi connectivity index (χ1) is 36.7. The standard InChI is InChI=1S/C54H49N3O20/c58-13-8-25-14-26(17-34(60)40(25)61)35-20-33(59)39-36(73-35)21-37-38(41(39)62)30(27-16-31-24-4-1-6-29(15-24)57-46(31)56-22-27)18-28-19-32-23(7-12-55-32)5-2-9-50(70)44(65)45(66)53(28,75-37)77-52(50)11-3-10-51(48(67)68)54(71,72)43(64)42(63)47(76-51)74-49(52)69/h1,6-7,12,14,16-18,20-22,24,29-30,42-47,55-58,60-66,70-72H,4,8-9,11,13,15,19H2,(H,67,68). The van der Waals surface area contributed by atoms with E-state index < -0.39 is 125 Å². The fourth-order valence-electron chi connectivity index (χ4n) is 12.0. The Morgan fingerprint density at radius 2 is 1.75 bits per heavy atom. The van der Waals surface area contributed by atoms with Gasteiger partial charge in [0, 0.05) is 89.5 Å². The van der Waals surface area contributed by atoms with Crippen LogP contribution in [0.4, 0.5) is 0 Å². The number of carboxylic acid groups (broad SMARTS) is 1. The van der Waals surface area contributed by atoms with Crippen LogP contribution in [0, 0.1) is 29.6 Å². The first-order valence-corrected chi connectivity index (χ1v) is 24.5. The number of nitrogens with one attached hydrogen (secondary N) is 3. The number of hydrogen-bond acceptors (Lipinski definition) is 21. The molecular formula is C54H49N3O20. The first kappa shape index (κ1) is 50.3. The number of dihydropyridines is 1. The average Bonchev–Trinajstić information content (AvgIpc) is 4.07. The summed E-state index contributed by atoms with van der Waals surface area (Å²) in [5, 5.41) is 144. The van der Waals surface area contributed by atoms with Crippen LogP contribution in [-0.2, 0) is 36.6 Å². The molecule has 7 aliphatic heterocycles. The number of rotatable bonds is 5. The largest absolute Gasteiger partial charge is 0.507 e. The van der Waals surface area contributed by atoms with E-state index in [1.54, 1.807) is 18.5 Å². The van der Waals surface area contributed by atoms with Gasteiger partial charge in [0.15, 0.2) is 23.0 Å². The second-order valence-corrected chi connectivity index (χ2v) is 20.4. The molecule has 2 spiro atoms. The van der Waals surface area contributed by atoms with Crippen LogP contribution in [0.25, 0.3) is 22.3 Å². The normalized spacial score (nSPS) is 35.2. The molecular weight excluding hydrogens is 1010 g/mol. The monoisotopic (exact) mass is 1060 g/mol. The molecule has 23 heteroatoms. The molecule has 0 radical (unpaired) electrons. The Morgan fingerprint density at radius 3 is 2.53 bits per heavy atom. The molecule has 2 aliphatic carbocycles. The zero-order valence-corrected chi connectivity index (χ0v) is 40.1. The molecule has 4 aromatic rings. The zero-order chi connectivity index (χ0) is 54.3. The predicted molar refractivity (Wildman–Crippen MR) is 259 cm³/mol. The molecule has 3 saturated heterocycles. The maximum absolute atomic E-state index is 15.3. The van der Waals surface area contributed by atoms with Crippen molar-refractivity contribution >= 4 is 22.9 Å². The van der Waals surface area contributed by atoms with Crippen molar-refractivity contribution in [2.45, 2.75) is 116 Å². The number of aliphatic hydroxyl groups is 8. The van der Waals surface area contributed by atoms with Crippen molar-refractivity contribution in [1.82, 2.24) is 15.6 Å². The Kier molecular flexibility index (Phi) is 11.5. The number of fused-ring (bicyclic) bond motifs is 10. The topological polar surface area (TPSA) is 384 Å². The second kappa shape index (κ2) is 17.5. The molecule has 3 fully saturated rings. The number of phenols is 3. The Balaban J connectivity index is 1.13. The molecule has 9 heterocycles. The van der Waals surface area contributed by atoms with Gasteiger partial charge in [0.05, 0.1) is 12.6 Å². The summed E-state index contributed by atoms with van der Waals surface area (Å²) in [4.78, 5) is 45.9. The molecule has 15 N–H and O–H groups in total. The summed E-state index contributed by atoms with van der Waals surface area (Å²) in [7, 11) is 0. The lowest BCUT2D eigenvalue weighted by molar-refractivity contribution is -0.399. The molecule has 6 bridgehead atoms. The van der Waals surface area contributed by atoms with Crippen molar-refractivity contribution in [3.05, 3.63) is 116 Å². The van der Waals surface area contributed by atoms with Gasteiger partial charge in [-0.25, -0.2) is 9.59 Å². The second-order valence-electron chi connectivity index (χ2n) is 20.4. The van der Waals surface area contributed by atoms with Crippen LogP contribution in [0.5, 0.6) is 23.0 Å². The number of allylic oxidation sites excluding steroid dienone is 4. The molecule has 9 aliphatic rings. The number of hydrogen-bond donors (Lipinski definition) is 15. The van der Waals surface area contributed by atoms with Gasteiger partial charge in [-0.1, -0.05) is 42.1 Å². The van der Waals surface area contributed by atoms with E-state index in [9.17, 15) is 70.9 Å². The fourth-order valence-corrected chi connectivity index (χ4v) is 12.0. The number of piperidine rings is 1. The van der Waals surface area contributed by atoms with Crippen LogP contribution in [0.1, 0.15) is 54.0 Å². The number of carbonyl (C=O) groups is 2. The van der Waals surface area contributed by atoms with Gasteiger partial charge < -0.3 is 94.9 Å². The smallest absolute Gasteiger partial charge is 0.354 e. The van der Waals surface area contributed by atoms with Gasteiger partial charge in [-0.15, -0.1) is 0 Å². The number of H-pyrrole nitrogens is 1. The van der Waals surface area contributed by atoms with Crippen molar-refractivity contribution in [2.24, 2.45) is 5.92 Å². The van der Waals surface area contributed by atoms with Gasteiger partial charge in [0.25, 0.3) is 11.4 Å². The number of aliphatic carboxylic acids is 1. The third kappa shape index (κ3) is 7.18. The SMILES string of the molecule is O=C(O)C12C#CCC3(OC45Oc6cc7oc(-c8cc(O)c(O)c(CCO)c8)cc(=O)c7c(O)c6C(C6=CNC7NC8C=CCC(C8)C7=C6)C=C4Cc4[nH]ccc4C#CCC3(O)C(O)C5O)C(=O)OC(O1)C(O)C(O)C2(O)O. The third-order valence-corrected chi connectivity index (χ3v) is 16.1. The van der Waals surface area contributed by atoms with Gasteiger partial charge in [0.2, 0.25) is 17.7 Å². The molecule has 0 saturated carbocycles. The van der Waals surface area contributed by atoms with Gasteiger partial charge in [-0.05, 0) is 60.4 Å². The number of aliphatic hydroxyl groups excluding tert-OH is 5. The summed E-state index contributed by atoms with van der Waals surface area (Å²) in [6.45, 7) is -0.426. The molecule has 23 nitrogen and oxygen atoms in total. The number of carboxylic acids is 1. The van der Waals surface area contributed by atoms with E-state index in [0.29, 0.717) is 23.3 Å². The van der Waals surface area contributed by atoms with Gasteiger partial charge in [-0.2, -0.15) is 0 Å². The Hall–Kier alpha value is -7.49. The lowest BCUT2D eigenvalue weighted by atomic mass is 9.67. The zero-order valence-electron chi connectivity index (χ0n) is 40.1. The van der Waals surface area contributed by atoms with E-state index >= 15 is 4.79 Å². The molecule has 2 aromatic carbocycles.